The van der Waals surface area contributed by atoms with Crippen molar-refractivity contribution in [2.24, 2.45) is 0 Å². The lowest BCUT2D eigenvalue weighted by molar-refractivity contribution is -0.115. The van der Waals surface area contributed by atoms with Gasteiger partial charge in [-0.3, -0.25) is 14.5 Å². The van der Waals surface area contributed by atoms with E-state index in [2.05, 4.69) is 5.32 Å². The quantitative estimate of drug-likeness (QED) is 0.577. The highest BCUT2D eigenvalue weighted by Gasteiger charge is 2.29. The molecule has 164 valence electrons. The molecule has 1 aliphatic heterocycles. The van der Waals surface area contributed by atoms with Gasteiger partial charge in [0.15, 0.2) is 0 Å². The predicted octanol–water partition coefficient (Wildman–Crippen LogP) is 4.39. The highest BCUT2D eigenvalue weighted by molar-refractivity contribution is 6.32. The normalized spacial score (nSPS) is 12.3. The van der Waals surface area contributed by atoms with Crippen molar-refractivity contribution < 1.29 is 23.9 Å². The minimum atomic E-state index is -0.557. The molecule has 0 fully saturated rings. The van der Waals surface area contributed by atoms with E-state index in [0.29, 0.717) is 17.1 Å². The maximum Gasteiger partial charge on any atom is 0.337 e. The minimum Gasteiger partial charge on any atom is -0.465 e. The zero-order chi connectivity index (χ0) is 23.5. The number of rotatable bonds is 4. The summed E-state index contributed by atoms with van der Waals surface area (Å²) in [6.07, 6.45) is 0. The summed E-state index contributed by atoms with van der Waals surface area (Å²) in [5, 5.41) is 12.3. The maximum atomic E-state index is 13.3. The SMILES string of the molecule is COC(=O)c1ccc2c(c1)NC(=O)CN2C(=O)c1cccc(Oc2cccc(Cl)c2C#N)c1. The number of hydrogen-bond acceptors (Lipinski definition) is 6. The summed E-state index contributed by atoms with van der Waals surface area (Å²) in [4.78, 5) is 38.7. The van der Waals surface area contributed by atoms with Crippen LogP contribution < -0.4 is 15.0 Å². The number of nitrogens with one attached hydrogen (secondary N) is 1. The Hall–Kier alpha value is -4.35. The van der Waals surface area contributed by atoms with E-state index in [1.54, 1.807) is 42.5 Å². The molecule has 0 unspecified atom stereocenters. The second kappa shape index (κ2) is 9.02. The number of nitrogens with zero attached hydrogens (tertiary/aromatic N) is 2. The summed E-state index contributed by atoms with van der Waals surface area (Å²) in [5.41, 5.74) is 1.47. The number of methoxy groups -OCH3 is 1. The van der Waals surface area contributed by atoms with Gasteiger partial charge in [0.05, 0.1) is 29.1 Å². The Bertz CT molecular complexity index is 1330. The molecule has 0 atom stereocenters. The third kappa shape index (κ3) is 4.35. The molecular formula is C24H16ClN3O5. The molecular weight excluding hydrogens is 446 g/mol. The number of nitriles is 1. The molecule has 0 saturated heterocycles. The van der Waals surface area contributed by atoms with Gasteiger partial charge in [-0.15, -0.1) is 0 Å². The lowest BCUT2D eigenvalue weighted by Gasteiger charge is -2.29. The van der Waals surface area contributed by atoms with Crippen LogP contribution in [0.4, 0.5) is 11.4 Å². The molecule has 3 aromatic rings. The number of esters is 1. The van der Waals surface area contributed by atoms with Gasteiger partial charge in [-0.1, -0.05) is 23.7 Å². The molecule has 0 spiro atoms. The van der Waals surface area contributed by atoms with Gasteiger partial charge in [-0.2, -0.15) is 5.26 Å². The van der Waals surface area contributed by atoms with Crippen LogP contribution in [-0.2, 0) is 9.53 Å². The first kappa shape index (κ1) is 21.9. The van der Waals surface area contributed by atoms with Crippen LogP contribution in [0.5, 0.6) is 11.5 Å². The number of halogens is 1. The molecule has 1 heterocycles. The molecule has 1 N–H and O–H groups in total. The highest BCUT2D eigenvalue weighted by atomic mass is 35.5. The summed E-state index contributed by atoms with van der Waals surface area (Å²) in [6.45, 7) is -0.193. The molecule has 3 aromatic carbocycles. The van der Waals surface area contributed by atoms with Crippen molar-refractivity contribution in [1.29, 1.82) is 5.26 Å². The summed E-state index contributed by atoms with van der Waals surface area (Å²) in [7, 11) is 1.26. The largest absolute Gasteiger partial charge is 0.465 e. The van der Waals surface area contributed by atoms with E-state index in [4.69, 9.17) is 21.1 Å². The maximum absolute atomic E-state index is 13.3. The zero-order valence-electron chi connectivity index (χ0n) is 17.3. The van der Waals surface area contributed by atoms with Gasteiger partial charge >= 0.3 is 5.97 Å². The Morgan fingerprint density at radius 3 is 2.64 bits per heavy atom. The molecule has 1 aliphatic rings. The van der Waals surface area contributed by atoms with E-state index < -0.39 is 17.8 Å². The number of carbonyl (C=O) groups excluding carboxylic acids is 3. The molecule has 33 heavy (non-hydrogen) atoms. The first-order chi connectivity index (χ1) is 15.9. The van der Waals surface area contributed by atoms with E-state index in [-0.39, 0.29) is 34.0 Å². The van der Waals surface area contributed by atoms with Gasteiger partial charge in [-0.25, -0.2) is 4.79 Å². The molecule has 0 bridgehead atoms. The third-order valence-corrected chi connectivity index (χ3v) is 5.24. The van der Waals surface area contributed by atoms with Crippen LogP contribution in [0.1, 0.15) is 26.3 Å². The van der Waals surface area contributed by atoms with Gasteiger partial charge in [0, 0.05) is 5.56 Å². The van der Waals surface area contributed by atoms with Crippen LogP contribution in [0.15, 0.2) is 60.7 Å². The van der Waals surface area contributed by atoms with Crippen molar-refractivity contribution in [3.8, 4) is 17.6 Å². The Balaban J connectivity index is 1.65. The van der Waals surface area contributed by atoms with Crippen molar-refractivity contribution in [3.63, 3.8) is 0 Å². The summed E-state index contributed by atoms with van der Waals surface area (Å²) >= 11 is 6.05. The minimum absolute atomic E-state index is 0.180. The van der Waals surface area contributed by atoms with Gasteiger partial charge in [0.2, 0.25) is 5.91 Å². The average Bonchev–Trinajstić information content (AvgIpc) is 2.82. The second-order valence-electron chi connectivity index (χ2n) is 7.02. The fraction of sp³-hybridized carbons (Fsp3) is 0.0833. The second-order valence-corrected chi connectivity index (χ2v) is 7.42. The van der Waals surface area contributed by atoms with Gasteiger partial charge in [0.1, 0.15) is 29.7 Å². The number of benzene rings is 3. The molecule has 0 radical (unpaired) electrons. The van der Waals surface area contributed by atoms with E-state index in [1.807, 2.05) is 6.07 Å². The number of amides is 2. The predicted molar refractivity (Wildman–Crippen MR) is 121 cm³/mol. The van der Waals surface area contributed by atoms with Crippen LogP contribution in [0.2, 0.25) is 5.02 Å². The van der Waals surface area contributed by atoms with Crippen LogP contribution in [0, 0.1) is 11.3 Å². The molecule has 0 saturated carbocycles. The first-order valence-electron chi connectivity index (χ1n) is 9.72. The van der Waals surface area contributed by atoms with Crippen molar-refractivity contribution in [2.45, 2.75) is 0 Å². The van der Waals surface area contributed by atoms with E-state index >= 15 is 0 Å². The van der Waals surface area contributed by atoms with Crippen molar-refractivity contribution in [2.75, 3.05) is 23.9 Å². The Morgan fingerprint density at radius 1 is 1.09 bits per heavy atom. The van der Waals surface area contributed by atoms with Crippen molar-refractivity contribution in [1.82, 2.24) is 0 Å². The van der Waals surface area contributed by atoms with Crippen LogP contribution in [0.3, 0.4) is 0 Å². The zero-order valence-corrected chi connectivity index (χ0v) is 18.1. The Kier molecular flexibility index (Phi) is 5.98. The highest BCUT2D eigenvalue weighted by Crippen LogP contribution is 2.33. The van der Waals surface area contributed by atoms with Crippen LogP contribution in [-0.4, -0.2) is 31.4 Å². The van der Waals surface area contributed by atoms with E-state index in [1.165, 1.54) is 30.2 Å². The topological polar surface area (TPSA) is 109 Å². The number of hydrogen-bond donors (Lipinski definition) is 1. The Morgan fingerprint density at radius 2 is 1.88 bits per heavy atom. The van der Waals surface area contributed by atoms with Crippen molar-refractivity contribution >= 4 is 40.8 Å². The molecule has 2 amide bonds. The molecule has 8 nitrogen and oxygen atoms in total. The fourth-order valence-electron chi connectivity index (χ4n) is 3.39. The van der Waals surface area contributed by atoms with Gasteiger partial charge in [0.25, 0.3) is 5.91 Å². The summed E-state index contributed by atoms with van der Waals surface area (Å²) < 4.78 is 10.5. The monoisotopic (exact) mass is 461 g/mol. The fourth-order valence-corrected chi connectivity index (χ4v) is 3.60. The Labute approximate surface area is 193 Å². The lowest BCUT2D eigenvalue weighted by Crippen LogP contribution is -2.42. The number of anilines is 2. The number of ether oxygens (including phenoxy) is 2. The standard InChI is InChI=1S/C24H16ClN3O5/c1-32-24(31)15-8-9-20-19(11-15)27-22(29)13-28(20)23(30)14-4-2-5-16(10-14)33-21-7-3-6-18(25)17(21)12-26/h2-11H,13H2,1H3,(H,27,29). The first-order valence-corrected chi connectivity index (χ1v) is 10.1. The number of carbonyl (C=O) groups is 3. The lowest BCUT2D eigenvalue weighted by atomic mass is 10.1. The van der Waals surface area contributed by atoms with Crippen LogP contribution >= 0.6 is 11.6 Å². The van der Waals surface area contributed by atoms with Gasteiger partial charge in [-0.05, 0) is 48.5 Å². The van der Waals surface area contributed by atoms with E-state index in [0.717, 1.165) is 0 Å². The molecule has 4 rings (SSSR count). The molecule has 9 heteroatoms. The smallest absolute Gasteiger partial charge is 0.337 e. The van der Waals surface area contributed by atoms with Crippen molar-refractivity contribution in [3.05, 3.63) is 82.4 Å². The summed E-state index contributed by atoms with van der Waals surface area (Å²) in [6, 6.07) is 17.8. The van der Waals surface area contributed by atoms with E-state index in [9.17, 15) is 19.6 Å². The number of fused-ring (bicyclic) bond motifs is 1. The average molecular weight is 462 g/mol. The molecule has 0 aliphatic carbocycles. The van der Waals surface area contributed by atoms with Crippen LogP contribution in [0.25, 0.3) is 0 Å². The molecule has 0 aromatic heterocycles. The summed E-state index contributed by atoms with van der Waals surface area (Å²) in [5.74, 6) is -0.815. The van der Waals surface area contributed by atoms with Gasteiger partial charge < -0.3 is 14.8 Å². The third-order valence-electron chi connectivity index (χ3n) is 4.93.